The number of rotatable bonds is 8. The molecule has 0 rings (SSSR count). The minimum atomic E-state index is -0.828. The summed E-state index contributed by atoms with van der Waals surface area (Å²) < 4.78 is 16.7. The first-order valence-electron chi connectivity index (χ1n) is 5.10. The molecular weight excluding hydrogens is 246 g/mol. The standard InChI is InChI=1S/C10H24NO3Si.ClH/c1-11(2,3)8-7-9-15-10(12-4,13-5)14-6;/h7-9H2,1-6H3;1H/q+1;/p-1. The first kappa shape index (κ1) is 18.7. The zero-order chi connectivity index (χ0) is 11.9. The Hall–Kier alpha value is 0.347. The van der Waals surface area contributed by atoms with E-state index < -0.39 is 5.60 Å². The van der Waals surface area contributed by atoms with Crippen molar-refractivity contribution in [2.45, 2.75) is 18.1 Å². The van der Waals surface area contributed by atoms with Crippen LogP contribution in [0.15, 0.2) is 0 Å². The van der Waals surface area contributed by atoms with Crippen molar-refractivity contribution < 1.29 is 31.1 Å². The lowest BCUT2D eigenvalue weighted by Gasteiger charge is -2.29. The molecule has 0 aliphatic heterocycles. The van der Waals surface area contributed by atoms with Gasteiger partial charge in [-0.25, -0.2) is 0 Å². The van der Waals surface area contributed by atoms with Crippen LogP contribution in [0.5, 0.6) is 0 Å². The molecule has 0 amide bonds. The van der Waals surface area contributed by atoms with Crippen LogP contribution in [-0.4, -0.2) is 68.6 Å². The van der Waals surface area contributed by atoms with Crippen LogP contribution >= 0.6 is 0 Å². The maximum atomic E-state index is 5.23. The average molecular weight is 270 g/mol. The van der Waals surface area contributed by atoms with Crippen molar-refractivity contribution in [3.63, 3.8) is 0 Å². The van der Waals surface area contributed by atoms with Crippen molar-refractivity contribution in [3.05, 3.63) is 0 Å². The topological polar surface area (TPSA) is 27.7 Å². The van der Waals surface area contributed by atoms with Crippen molar-refractivity contribution in [3.8, 4) is 0 Å². The second kappa shape index (κ2) is 8.44. The average Bonchev–Trinajstić information content (AvgIpc) is 2.18. The molecule has 0 fully saturated rings. The molecule has 0 N–H and O–H groups in total. The van der Waals surface area contributed by atoms with Gasteiger partial charge in [0.2, 0.25) is 0 Å². The van der Waals surface area contributed by atoms with Gasteiger partial charge in [-0.3, -0.25) is 0 Å². The van der Waals surface area contributed by atoms with Gasteiger partial charge >= 0.3 is 0 Å². The molecule has 98 valence electrons. The Kier molecular flexibility index (Phi) is 9.87. The number of hydrogen-bond donors (Lipinski definition) is 0. The molecule has 0 aliphatic rings. The van der Waals surface area contributed by atoms with Gasteiger partial charge in [-0.05, 0) is 12.5 Å². The summed E-state index contributed by atoms with van der Waals surface area (Å²) in [6.45, 7) is 1.15. The molecule has 16 heavy (non-hydrogen) atoms. The summed E-state index contributed by atoms with van der Waals surface area (Å²) >= 11 is 0. The Morgan fingerprint density at radius 1 is 1.00 bits per heavy atom. The van der Waals surface area contributed by atoms with E-state index in [4.69, 9.17) is 14.2 Å². The number of nitrogens with zero attached hydrogens (tertiary/aromatic N) is 1. The Morgan fingerprint density at radius 2 is 1.44 bits per heavy atom. The van der Waals surface area contributed by atoms with Gasteiger partial charge in [-0.1, -0.05) is 0 Å². The number of hydrogen-bond acceptors (Lipinski definition) is 3. The highest BCUT2D eigenvalue weighted by Crippen LogP contribution is 2.13. The molecule has 0 spiro atoms. The highest BCUT2D eigenvalue weighted by molar-refractivity contribution is 6.38. The van der Waals surface area contributed by atoms with Gasteiger partial charge in [0.25, 0.3) is 5.60 Å². The van der Waals surface area contributed by atoms with Crippen LogP contribution < -0.4 is 12.4 Å². The molecule has 0 aliphatic carbocycles. The molecule has 0 saturated heterocycles. The summed E-state index contributed by atoms with van der Waals surface area (Å²) in [6.07, 6.45) is 1.15. The maximum absolute atomic E-state index is 5.23. The zero-order valence-corrected chi connectivity index (χ0v) is 12.9. The maximum Gasteiger partial charge on any atom is 0.250 e. The highest BCUT2D eigenvalue weighted by Gasteiger charge is 2.29. The van der Waals surface area contributed by atoms with Crippen molar-refractivity contribution >= 4 is 9.52 Å². The van der Waals surface area contributed by atoms with Crippen molar-refractivity contribution in [1.29, 1.82) is 0 Å². The second-order valence-corrected chi connectivity index (χ2v) is 5.93. The summed E-state index contributed by atoms with van der Waals surface area (Å²) in [5.41, 5.74) is -0.828. The third-order valence-corrected chi connectivity index (χ3v) is 3.80. The molecule has 0 aromatic rings. The minimum absolute atomic E-state index is 0. The molecule has 4 nitrogen and oxygen atoms in total. The molecule has 0 aromatic carbocycles. The number of methoxy groups -OCH3 is 3. The Bertz CT molecular complexity index is 164. The van der Waals surface area contributed by atoms with Crippen LogP contribution in [0.1, 0.15) is 6.42 Å². The van der Waals surface area contributed by atoms with E-state index in [2.05, 4.69) is 21.1 Å². The first-order chi connectivity index (χ1) is 6.89. The third kappa shape index (κ3) is 7.59. The third-order valence-electron chi connectivity index (χ3n) is 2.15. The fourth-order valence-electron chi connectivity index (χ4n) is 1.26. The fraction of sp³-hybridized carbons (Fsp3) is 1.00. The van der Waals surface area contributed by atoms with Gasteiger partial charge in [0.1, 0.15) is 0 Å². The van der Waals surface area contributed by atoms with Gasteiger partial charge in [-0.2, -0.15) is 0 Å². The van der Waals surface area contributed by atoms with Crippen molar-refractivity contribution in [2.24, 2.45) is 0 Å². The monoisotopic (exact) mass is 269 g/mol. The van der Waals surface area contributed by atoms with Crippen LogP contribution in [0.3, 0.4) is 0 Å². The van der Waals surface area contributed by atoms with E-state index in [0.29, 0.717) is 9.52 Å². The quantitative estimate of drug-likeness (QED) is 0.216. The lowest BCUT2D eigenvalue weighted by Crippen LogP contribution is -3.00. The van der Waals surface area contributed by atoms with Crippen molar-refractivity contribution in [2.75, 3.05) is 49.0 Å². The fourth-order valence-corrected chi connectivity index (χ4v) is 2.34. The predicted molar refractivity (Wildman–Crippen MR) is 61.8 cm³/mol. The largest absolute Gasteiger partial charge is 1.00 e. The molecule has 0 aromatic heterocycles. The van der Waals surface area contributed by atoms with E-state index in [1.807, 2.05) is 0 Å². The molecule has 0 unspecified atom stereocenters. The van der Waals surface area contributed by atoms with E-state index in [-0.39, 0.29) is 12.4 Å². The predicted octanol–water partition coefficient (Wildman–Crippen LogP) is -2.24. The van der Waals surface area contributed by atoms with E-state index in [1.54, 1.807) is 21.3 Å². The summed E-state index contributed by atoms with van der Waals surface area (Å²) in [7, 11) is 11.9. The lowest BCUT2D eigenvalue weighted by molar-refractivity contribution is -0.870. The molecule has 2 radical (unpaired) electrons. The Morgan fingerprint density at radius 3 is 1.75 bits per heavy atom. The number of quaternary nitrogens is 1. The van der Waals surface area contributed by atoms with E-state index in [1.165, 1.54) is 0 Å². The summed E-state index contributed by atoms with van der Waals surface area (Å²) in [4.78, 5) is 0. The van der Waals surface area contributed by atoms with E-state index >= 15 is 0 Å². The molecule has 0 heterocycles. The van der Waals surface area contributed by atoms with Gasteiger partial charge in [-0.15, -0.1) is 0 Å². The molecule has 0 bridgehead atoms. The summed E-state index contributed by atoms with van der Waals surface area (Å²) in [5.74, 6) is 0. The second-order valence-electron chi connectivity index (χ2n) is 4.46. The van der Waals surface area contributed by atoms with E-state index in [0.717, 1.165) is 23.5 Å². The smallest absolute Gasteiger partial charge is 0.250 e. The van der Waals surface area contributed by atoms with Crippen LogP contribution in [0.4, 0.5) is 0 Å². The van der Waals surface area contributed by atoms with Crippen LogP contribution in [0.2, 0.25) is 6.04 Å². The van der Waals surface area contributed by atoms with Crippen LogP contribution in [0.25, 0.3) is 0 Å². The highest BCUT2D eigenvalue weighted by atomic mass is 35.5. The zero-order valence-electron chi connectivity index (χ0n) is 11.2. The summed E-state index contributed by atoms with van der Waals surface area (Å²) in [5, 5.41) is 0. The molecule has 0 saturated carbocycles. The Labute approximate surface area is 108 Å². The molecule has 6 heteroatoms. The van der Waals surface area contributed by atoms with Crippen LogP contribution in [-0.2, 0) is 14.2 Å². The van der Waals surface area contributed by atoms with Gasteiger partial charge < -0.3 is 31.1 Å². The van der Waals surface area contributed by atoms with Gasteiger partial charge in [0, 0.05) is 21.3 Å². The first-order valence-corrected chi connectivity index (χ1v) is 6.31. The van der Waals surface area contributed by atoms with Crippen molar-refractivity contribution in [1.82, 2.24) is 0 Å². The van der Waals surface area contributed by atoms with Gasteiger partial charge in [0.15, 0.2) is 9.52 Å². The van der Waals surface area contributed by atoms with E-state index in [9.17, 15) is 0 Å². The minimum Gasteiger partial charge on any atom is -1.00 e. The lowest BCUT2D eigenvalue weighted by atomic mass is 10.4. The normalized spacial score (nSPS) is 12.4. The van der Waals surface area contributed by atoms with Gasteiger partial charge in [0.05, 0.1) is 27.7 Å². The number of ether oxygens (including phenoxy) is 3. The molecule has 0 atom stereocenters. The summed E-state index contributed by atoms with van der Waals surface area (Å²) in [6, 6.07) is 1.06. The molecular formula is C10H24ClNO3Si. The number of halogens is 1. The SMILES string of the molecule is COC(OC)(OC)[Si]CCC[N+](C)(C)C.[Cl-]. The van der Waals surface area contributed by atoms with Crippen LogP contribution in [0, 0.1) is 0 Å². The Balaban J connectivity index is 0.